The molecule has 0 aliphatic heterocycles. The molecule has 1 aliphatic carbocycles. The molecule has 8 aromatic rings. The zero-order valence-corrected chi connectivity index (χ0v) is 19.9. The molecule has 4 heterocycles. The molecule has 4 nitrogen and oxygen atoms in total. The van der Waals surface area contributed by atoms with Crippen molar-refractivity contribution in [3.8, 4) is 16.8 Å². The zero-order chi connectivity index (χ0) is 24.1. The minimum atomic E-state index is 0.897. The summed E-state index contributed by atoms with van der Waals surface area (Å²) in [5.41, 5.74) is 12.2. The van der Waals surface area contributed by atoms with Gasteiger partial charge in [-0.2, -0.15) is 0 Å². The third kappa shape index (κ3) is 2.42. The molecule has 0 N–H and O–H groups in total. The molecule has 1 aliphatic rings. The van der Waals surface area contributed by atoms with Gasteiger partial charge < -0.3 is 4.57 Å². The van der Waals surface area contributed by atoms with Crippen LogP contribution in [0.1, 0.15) is 11.1 Å². The molecule has 4 aromatic carbocycles. The zero-order valence-electron chi connectivity index (χ0n) is 19.9. The minimum absolute atomic E-state index is 0.897. The number of rotatable bonds is 1. The molecule has 0 saturated heterocycles. The summed E-state index contributed by atoms with van der Waals surface area (Å²) >= 11 is 0. The Kier molecular flexibility index (Phi) is 3.55. The SMILES string of the molecule is c1ccc(-n2c3ccccc3c3ccc4c(c32)Cc2cc3c(cc2-4)c2ncccc2n2ccnc32)cc1. The van der Waals surface area contributed by atoms with Gasteiger partial charge in [0.2, 0.25) is 0 Å². The Labute approximate surface area is 212 Å². The summed E-state index contributed by atoms with van der Waals surface area (Å²) in [6.45, 7) is 0. The molecule has 4 heteroatoms. The maximum Gasteiger partial charge on any atom is 0.145 e. The van der Waals surface area contributed by atoms with Gasteiger partial charge in [-0.3, -0.25) is 9.38 Å². The second-order valence-electron chi connectivity index (χ2n) is 9.90. The highest BCUT2D eigenvalue weighted by Gasteiger charge is 2.26. The van der Waals surface area contributed by atoms with Crippen molar-refractivity contribution in [2.24, 2.45) is 0 Å². The minimum Gasteiger partial charge on any atom is -0.309 e. The Morgan fingerprint density at radius 3 is 2.43 bits per heavy atom. The molecule has 0 amide bonds. The van der Waals surface area contributed by atoms with E-state index in [-0.39, 0.29) is 0 Å². The lowest BCUT2D eigenvalue weighted by Crippen LogP contribution is -1.96. The summed E-state index contributed by atoms with van der Waals surface area (Å²) in [7, 11) is 0. The number of imidazole rings is 1. The first-order valence-corrected chi connectivity index (χ1v) is 12.6. The van der Waals surface area contributed by atoms with E-state index in [0.717, 1.165) is 33.9 Å². The maximum absolute atomic E-state index is 4.80. The number of hydrogen-bond donors (Lipinski definition) is 0. The first-order valence-electron chi connectivity index (χ1n) is 12.6. The predicted molar refractivity (Wildman–Crippen MR) is 151 cm³/mol. The Bertz CT molecular complexity index is 2220. The normalized spacial score (nSPS) is 12.8. The topological polar surface area (TPSA) is 35.1 Å². The van der Waals surface area contributed by atoms with Gasteiger partial charge in [-0.15, -0.1) is 0 Å². The van der Waals surface area contributed by atoms with Gasteiger partial charge in [-0.1, -0.05) is 48.5 Å². The summed E-state index contributed by atoms with van der Waals surface area (Å²) in [4.78, 5) is 9.54. The molecule has 0 radical (unpaired) electrons. The molecule has 0 atom stereocenters. The van der Waals surface area contributed by atoms with Crippen molar-refractivity contribution >= 4 is 49.3 Å². The van der Waals surface area contributed by atoms with E-state index in [2.05, 4.69) is 93.9 Å². The fourth-order valence-electron chi connectivity index (χ4n) is 6.51. The highest BCUT2D eigenvalue weighted by molar-refractivity contribution is 6.15. The highest BCUT2D eigenvalue weighted by atomic mass is 15.0. The van der Waals surface area contributed by atoms with Crippen LogP contribution in [-0.4, -0.2) is 18.9 Å². The lowest BCUT2D eigenvalue weighted by Gasteiger charge is -2.11. The van der Waals surface area contributed by atoms with Crippen molar-refractivity contribution in [2.45, 2.75) is 6.42 Å². The van der Waals surface area contributed by atoms with E-state index in [1.165, 1.54) is 49.7 Å². The third-order valence-corrected chi connectivity index (χ3v) is 8.04. The second-order valence-corrected chi connectivity index (χ2v) is 9.90. The quantitative estimate of drug-likeness (QED) is 0.229. The highest BCUT2D eigenvalue weighted by Crippen LogP contribution is 2.46. The van der Waals surface area contributed by atoms with Crippen LogP contribution in [-0.2, 0) is 6.42 Å². The number of aromatic nitrogens is 4. The van der Waals surface area contributed by atoms with E-state index >= 15 is 0 Å². The van der Waals surface area contributed by atoms with E-state index in [9.17, 15) is 0 Å². The summed E-state index contributed by atoms with van der Waals surface area (Å²) < 4.78 is 4.60. The van der Waals surface area contributed by atoms with E-state index < -0.39 is 0 Å². The summed E-state index contributed by atoms with van der Waals surface area (Å²) in [6.07, 6.45) is 6.69. The molecule has 0 unspecified atom stereocenters. The summed E-state index contributed by atoms with van der Waals surface area (Å²) in [6, 6.07) is 32.9. The van der Waals surface area contributed by atoms with Crippen molar-refractivity contribution < 1.29 is 0 Å². The molecular weight excluding hydrogens is 452 g/mol. The van der Waals surface area contributed by atoms with Crippen molar-refractivity contribution in [3.63, 3.8) is 0 Å². The number of nitrogens with zero attached hydrogens (tertiary/aromatic N) is 4. The van der Waals surface area contributed by atoms with Crippen LogP contribution in [0.4, 0.5) is 0 Å². The number of benzene rings is 4. The van der Waals surface area contributed by atoms with Crippen LogP contribution in [0.5, 0.6) is 0 Å². The fourth-order valence-corrected chi connectivity index (χ4v) is 6.51. The Morgan fingerprint density at radius 2 is 1.49 bits per heavy atom. The van der Waals surface area contributed by atoms with Gasteiger partial charge in [0.05, 0.1) is 22.1 Å². The molecule has 0 bridgehead atoms. The largest absolute Gasteiger partial charge is 0.309 e. The van der Waals surface area contributed by atoms with Crippen LogP contribution in [0.3, 0.4) is 0 Å². The molecule has 0 saturated carbocycles. The van der Waals surface area contributed by atoms with Gasteiger partial charge in [-0.05, 0) is 64.7 Å². The van der Waals surface area contributed by atoms with Crippen LogP contribution in [0, 0.1) is 0 Å². The first kappa shape index (κ1) is 19.3. The molecule has 4 aromatic heterocycles. The summed E-state index contributed by atoms with van der Waals surface area (Å²) in [5, 5.41) is 4.91. The van der Waals surface area contributed by atoms with Crippen molar-refractivity contribution in [1.82, 2.24) is 18.9 Å². The van der Waals surface area contributed by atoms with E-state index in [4.69, 9.17) is 9.97 Å². The standard InChI is InChI=1S/C33H20N4/c1-2-7-21(8-3-1)37-29-10-5-4-9-23(29)24-13-12-22-25-19-26-28(18-20(25)17-27(22)32(24)37)33-35-15-16-36(33)30-11-6-14-34-31(26)30/h1-16,18-19H,17H2. The molecular formula is C33H20N4. The summed E-state index contributed by atoms with van der Waals surface area (Å²) in [5.74, 6) is 0. The van der Waals surface area contributed by atoms with Crippen molar-refractivity contribution in [1.29, 1.82) is 0 Å². The van der Waals surface area contributed by atoms with Crippen LogP contribution in [0.2, 0.25) is 0 Å². The lowest BCUT2D eigenvalue weighted by molar-refractivity contribution is 1.15. The average molecular weight is 473 g/mol. The Balaban J connectivity index is 1.41. The van der Waals surface area contributed by atoms with Crippen molar-refractivity contribution in [2.75, 3.05) is 0 Å². The van der Waals surface area contributed by atoms with E-state index in [1.807, 2.05) is 24.7 Å². The van der Waals surface area contributed by atoms with Gasteiger partial charge in [0.15, 0.2) is 0 Å². The Morgan fingerprint density at radius 1 is 0.622 bits per heavy atom. The predicted octanol–water partition coefficient (Wildman–Crippen LogP) is 7.70. The van der Waals surface area contributed by atoms with E-state index in [1.54, 1.807) is 0 Å². The average Bonchev–Trinajstić information content (AvgIpc) is 3.67. The van der Waals surface area contributed by atoms with Crippen LogP contribution in [0.15, 0.2) is 110 Å². The molecule has 0 spiro atoms. The first-order chi connectivity index (χ1) is 18.4. The monoisotopic (exact) mass is 472 g/mol. The van der Waals surface area contributed by atoms with Gasteiger partial charge in [0.1, 0.15) is 5.65 Å². The number of fused-ring (bicyclic) bond motifs is 13. The van der Waals surface area contributed by atoms with Gasteiger partial charge in [0, 0.05) is 52.2 Å². The molecule has 172 valence electrons. The lowest BCUT2D eigenvalue weighted by atomic mass is 9.99. The third-order valence-electron chi connectivity index (χ3n) is 8.04. The van der Waals surface area contributed by atoms with Crippen LogP contribution in [0.25, 0.3) is 66.1 Å². The maximum atomic E-state index is 4.80. The molecule has 37 heavy (non-hydrogen) atoms. The van der Waals surface area contributed by atoms with Gasteiger partial charge >= 0.3 is 0 Å². The van der Waals surface area contributed by atoms with Gasteiger partial charge in [-0.25, -0.2) is 4.98 Å². The Hall–Kier alpha value is -4.96. The van der Waals surface area contributed by atoms with Gasteiger partial charge in [0.25, 0.3) is 0 Å². The second kappa shape index (κ2) is 6.83. The number of pyridine rings is 2. The molecule has 9 rings (SSSR count). The van der Waals surface area contributed by atoms with Crippen LogP contribution >= 0.6 is 0 Å². The van der Waals surface area contributed by atoms with Crippen molar-refractivity contribution in [3.05, 3.63) is 121 Å². The fraction of sp³-hybridized carbons (Fsp3) is 0.0303. The smallest absolute Gasteiger partial charge is 0.145 e. The number of para-hydroxylation sites is 2. The molecule has 0 fully saturated rings. The van der Waals surface area contributed by atoms with Crippen LogP contribution < -0.4 is 0 Å². The number of hydrogen-bond acceptors (Lipinski definition) is 2. The van der Waals surface area contributed by atoms with E-state index in [0.29, 0.717) is 0 Å².